The van der Waals surface area contributed by atoms with Gasteiger partial charge in [-0.15, -0.1) is 11.3 Å². The lowest BCUT2D eigenvalue weighted by molar-refractivity contribution is 0.112. The van der Waals surface area contributed by atoms with Crippen molar-refractivity contribution in [2.24, 2.45) is 0 Å². The first kappa shape index (κ1) is 10.9. The van der Waals surface area contributed by atoms with Gasteiger partial charge in [0.05, 0.1) is 5.52 Å². The Morgan fingerprint density at radius 1 is 1.11 bits per heavy atom. The molecule has 0 fully saturated rings. The highest BCUT2D eigenvalue weighted by Gasteiger charge is 2.07. The molecule has 1 aromatic carbocycles. The Labute approximate surface area is 107 Å². The number of fused-ring (bicyclic) bond motifs is 1. The van der Waals surface area contributed by atoms with E-state index in [1.165, 1.54) is 17.7 Å². The molecule has 0 aliphatic heterocycles. The summed E-state index contributed by atoms with van der Waals surface area (Å²) in [6.07, 6.45) is 2.27. The fourth-order valence-corrected chi connectivity index (χ4v) is 2.33. The Kier molecular flexibility index (Phi) is 2.74. The summed E-state index contributed by atoms with van der Waals surface area (Å²) in [6.45, 7) is 0. The molecule has 0 spiro atoms. The minimum absolute atomic E-state index is 0.536. The largest absolute Gasteiger partial charge is 0.437 e. The van der Waals surface area contributed by atoms with E-state index in [0.29, 0.717) is 17.2 Å². The fraction of sp³-hybridized carbons (Fsp3) is 0. The number of aromatic nitrogens is 2. The highest BCUT2D eigenvalue weighted by Crippen LogP contribution is 2.30. The molecule has 88 valence electrons. The number of rotatable bonds is 3. The summed E-state index contributed by atoms with van der Waals surface area (Å²) in [5.74, 6) is 1.18. The van der Waals surface area contributed by atoms with Crippen molar-refractivity contribution >= 4 is 27.8 Å². The molecule has 0 radical (unpaired) electrons. The number of hydrogen-bond acceptors (Lipinski definition) is 5. The highest BCUT2D eigenvalue weighted by atomic mass is 32.1. The Balaban J connectivity index is 1.95. The maximum Gasteiger partial charge on any atom is 0.240 e. The SMILES string of the molecule is O=Cc1ccc(Oc2ncnc3ccsc23)cc1. The van der Waals surface area contributed by atoms with Crippen LogP contribution in [0.2, 0.25) is 0 Å². The molecule has 0 saturated heterocycles. The van der Waals surface area contributed by atoms with Gasteiger partial charge in [0.25, 0.3) is 0 Å². The molecule has 0 N–H and O–H groups in total. The summed E-state index contributed by atoms with van der Waals surface area (Å²) in [4.78, 5) is 18.8. The average Bonchev–Trinajstić information content (AvgIpc) is 2.89. The Hall–Kier alpha value is -2.27. The molecule has 3 aromatic rings. The number of carbonyl (C=O) groups is 1. The van der Waals surface area contributed by atoms with Crippen molar-refractivity contribution in [3.05, 3.63) is 47.6 Å². The van der Waals surface area contributed by atoms with E-state index >= 15 is 0 Å². The number of carbonyl (C=O) groups excluding carboxylic acids is 1. The van der Waals surface area contributed by atoms with Gasteiger partial charge in [0.15, 0.2) is 0 Å². The summed E-state index contributed by atoms with van der Waals surface area (Å²) in [5, 5.41) is 1.95. The van der Waals surface area contributed by atoms with Gasteiger partial charge in [0.1, 0.15) is 23.1 Å². The normalized spacial score (nSPS) is 10.4. The van der Waals surface area contributed by atoms with Crippen LogP contribution in [-0.4, -0.2) is 16.3 Å². The second-order valence-corrected chi connectivity index (χ2v) is 4.52. The van der Waals surface area contributed by atoms with Gasteiger partial charge in [-0.2, -0.15) is 0 Å². The summed E-state index contributed by atoms with van der Waals surface area (Å²) in [7, 11) is 0. The number of aldehydes is 1. The van der Waals surface area contributed by atoms with Gasteiger partial charge in [-0.05, 0) is 35.7 Å². The van der Waals surface area contributed by atoms with E-state index in [9.17, 15) is 4.79 Å². The molecule has 5 heteroatoms. The first-order valence-electron chi connectivity index (χ1n) is 5.28. The Bertz CT molecular complexity index is 692. The zero-order chi connectivity index (χ0) is 12.4. The van der Waals surface area contributed by atoms with Crippen LogP contribution in [0.5, 0.6) is 11.6 Å². The third-order valence-corrected chi connectivity index (χ3v) is 3.33. The molecular weight excluding hydrogens is 248 g/mol. The van der Waals surface area contributed by atoms with E-state index < -0.39 is 0 Å². The van der Waals surface area contributed by atoms with Crippen LogP contribution >= 0.6 is 11.3 Å². The molecule has 3 rings (SSSR count). The number of ether oxygens (including phenoxy) is 1. The van der Waals surface area contributed by atoms with Gasteiger partial charge in [-0.3, -0.25) is 4.79 Å². The topological polar surface area (TPSA) is 52.1 Å². The van der Waals surface area contributed by atoms with Crippen molar-refractivity contribution in [1.82, 2.24) is 9.97 Å². The third kappa shape index (κ3) is 1.96. The fourth-order valence-electron chi connectivity index (χ4n) is 1.57. The molecule has 0 aliphatic carbocycles. The van der Waals surface area contributed by atoms with Crippen LogP contribution < -0.4 is 4.74 Å². The summed E-state index contributed by atoms with van der Waals surface area (Å²) in [6, 6.07) is 8.81. The molecule has 4 nitrogen and oxygen atoms in total. The average molecular weight is 256 g/mol. The summed E-state index contributed by atoms with van der Waals surface area (Å²) < 4.78 is 6.61. The van der Waals surface area contributed by atoms with E-state index in [4.69, 9.17) is 4.74 Å². The summed E-state index contributed by atoms with van der Waals surface area (Å²) in [5.41, 5.74) is 1.49. The molecule has 2 heterocycles. The predicted octanol–water partition coefficient (Wildman–Crippen LogP) is 3.30. The summed E-state index contributed by atoms with van der Waals surface area (Å²) >= 11 is 1.53. The standard InChI is InChI=1S/C13H8N2O2S/c16-7-9-1-3-10(4-2-9)17-13-12-11(5-6-18-12)14-8-15-13/h1-8H. The van der Waals surface area contributed by atoms with E-state index in [1.807, 2.05) is 11.4 Å². The van der Waals surface area contributed by atoms with Crippen molar-refractivity contribution in [1.29, 1.82) is 0 Å². The van der Waals surface area contributed by atoms with Gasteiger partial charge >= 0.3 is 0 Å². The second-order valence-electron chi connectivity index (χ2n) is 3.60. The molecule has 18 heavy (non-hydrogen) atoms. The maximum atomic E-state index is 10.6. The van der Waals surface area contributed by atoms with Crippen molar-refractivity contribution in [3.63, 3.8) is 0 Å². The number of hydrogen-bond donors (Lipinski definition) is 0. The zero-order valence-corrected chi connectivity index (χ0v) is 10.1. The van der Waals surface area contributed by atoms with Crippen LogP contribution in [0.15, 0.2) is 42.0 Å². The molecule has 2 aromatic heterocycles. The Morgan fingerprint density at radius 2 is 1.94 bits per heavy atom. The smallest absolute Gasteiger partial charge is 0.240 e. The van der Waals surface area contributed by atoms with Crippen molar-refractivity contribution in [2.75, 3.05) is 0 Å². The van der Waals surface area contributed by atoms with Gasteiger partial charge in [0.2, 0.25) is 5.88 Å². The predicted molar refractivity (Wildman–Crippen MR) is 69.3 cm³/mol. The van der Waals surface area contributed by atoms with Crippen molar-refractivity contribution in [2.45, 2.75) is 0 Å². The highest BCUT2D eigenvalue weighted by molar-refractivity contribution is 7.17. The quantitative estimate of drug-likeness (QED) is 0.675. The lowest BCUT2D eigenvalue weighted by Crippen LogP contribution is -1.89. The molecule has 0 bridgehead atoms. The van der Waals surface area contributed by atoms with Crippen LogP contribution in [0.3, 0.4) is 0 Å². The molecule has 0 saturated carbocycles. The van der Waals surface area contributed by atoms with Crippen molar-refractivity contribution < 1.29 is 9.53 Å². The van der Waals surface area contributed by atoms with Gasteiger partial charge in [-0.25, -0.2) is 9.97 Å². The second kappa shape index (κ2) is 4.54. The van der Waals surface area contributed by atoms with Crippen LogP contribution in [0.4, 0.5) is 0 Å². The van der Waals surface area contributed by atoms with Gasteiger partial charge < -0.3 is 4.74 Å². The monoisotopic (exact) mass is 256 g/mol. The lowest BCUT2D eigenvalue weighted by atomic mass is 10.2. The van der Waals surface area contributed by atoms with Crippen LogP contribution in [0.25, 0.3) is 10.2 Å². The lowest BCUT2D eigenvalue weighted by Gasteiger charge is -2.04. The number of nitrogens with zero attached hydrogens (tertiary/aromatic N) is 2. The Morgan fingerprint density at radius 3 is 2.72 bits per heavy atom. The molecular formula is C13H8N2O2S. The van der Waals surface area contributed by atoms with Crippen LogP contribution in [-0.2, 0) is 0 Å². The van der Waals surface area contributed by atoms with Crippen molar-refractivity contribution in [3.8, 4) is 11.6 Å². The van der Waals surface area contributed by atoms with Crippen LogP contribution in [0.1, 0.15) is 10.4 Å². The minimum atomic E-state index is 0.536. The number of benzene rings is 1. The molecule has 0 unspecified atom stereocenters. The van der Waals surface area contributed by atoms with E-state index in [1.54, 1.807) is 24.3 Å². The zero-order valence-electron chi connectivity index (χ0n) is 9.24. The van der Waals surface area contributed by atoms with Crippen LogP contribution in [0, 0.1) is 0 Å². The van der Waals surface area contributed by atoms with Gasteiger partial charge in [0, 0.05) is 5.56 Å². The molecule has 0 amide bonds. The molecule has 0 atom stereocenters. The van der Waals surface area contributed by atoms with E-state index in [-0.39, 0.29) is 0 Å². The maximum absolute atomic E-state index is 10.6. The van der Waals surface area contributed by atoms with E-state index in [0.717, 1.165) is 16.5 Å². The van der Waals surface area contributed by atoms with E-state index in [2.05, 4.69) is 9.97 Å². The third-order valence-electron chi connectivity index (χ3n) is 2.44. The molecule has 0 aliphatic rings. The first-order chi connectivity index (χ1) is 8.86. The number of thiophene rings is 1. The van der Waals surface area contributed by atoms with Gasteiger partial charge in [-0.1, -0.05) is 0 Å². The minimum Gasteiger partial charge on any atom is -0.437 e. The first-order valence-corrected chi connectivity index (χ1v) is 6.16.